The van der Waals surface area contributed by atoms with Crippen LogP contribution in [0.2, 0.25) is 0 Å². The predicted octanol–water partition coefficient (Wildman–Crippen LogP) is 6.45. The molecule has 6 N–H and O–H groups in total. The van der Waals surface area contributed by atoms with Gasteiger partial charge in [0.2, 0.25) is 0 Å². The van der Waals surface area contributed by atoms with Gasteiger partial charge in [0.05, 0.1) is 13.2 Å². The summed E-state index contributed by atoms with van der Waals surface area (Å²) in [5.41, 5.74) is 11.8. The van der Waals surface area contributed by atoms with Gasteiger partial charge in [-0.25, -0.2) is 19.2 Å². The van der Waals surface area contributed by atoms with E-state index in [0.717, 1.165) is 51.7 Å². The van der Waals surface area contributed by atoms with Gasteiger partial charge in [0.1, 0.15) is 34.8 Å². The van der Waals surface area contributed by atoms with E-state index < -0.39 is 47.4 Å². The molecule has 1 saturated heterocycles. The van der Waals surface area contributed by atoms with Crippen LogP contribution in [0.4, 0.5) is 9.59 Å². The van der Waals surface area contributed by atoms with Gasteiger partial charge in [-0.1, -0.05) is 38.0 Å². The number of carbonyl (C=O) groups excluding carboxylic acids is 4. The Morgan fingerprint density at radius 1 is 0.661 bits per heavy atom. The molecule has 0 aliphatic carbocycles. The number of nitrogens with zero attached hydrogens (tertiary/aromatic N) is 3. The number of benzene rings is 2. The maximum absolute atomic E-state index is 12.7. The Kier molecular flexibility index (Phi) is 19.8. The van der Waals surface area contributed by atoms with Crippen LogP contribution >= 0.6 is 0 Å². The van der Waals surface area contributed by atoms with E-state index in [2.05, 4.69) is 25.8 Å². The Bertz CT molecular complexity index is 1660. The number of nitrogens with two attached hydrogens (primary N) is 2. The van der Waals surface area contributed by atoms with E-state index in [4.69, 9.17) is 40.1 Å². The molecule has 1 aliphatic rings. The number of piperidine rings is 1. The van der Waals surface area contributed by atoms with Crippen LogP contribution in [0.3, 0.4) is 0 Å². The van der Waals surface area contributed by atoms with Gasteiger partial charge in [-0.3, -0.25) is 0 Å². The summed E-state index contributed by atoms with van der Waals surface area (Å²) < 4.78 is 22.4. The van der Waals surface area contributed by atoms with Crippen molar-refractivity contribution in [3.05, 3.63) is 59.7 Å². The maximum atomic E-state index is 12.7. The number of carbonyl (C=O) groups is 4. The fraction of sp³-hybridized carbons (Fsp3) is 0.600. The first-order valence-electron chi connectivity index (χ1n) is 21.4. The Morgan fingerprint density at radius 3 is 1.42 bits per heavy atom. The van der Waals surface area contributed by atoms with Gasteiger partial charge in [0.15, 0.2) is 11.7 Å². The second kappa shape index (κ2) is 24.2. The number of amidine groups is 2. The molecular formula is C45H69N7O10. The largest absolute Gasteiger partial charge is 0.494 e. The number of hydrogen-bond donors (Lipinski definition) is 4. The lowest BCUT2D eigenvalue weighted by atomic mass is 9.92. The molecule has 2 aromatic rings. The van der Waals surface area contributed by atoms with Gasteiger partial charge in [-0.15, -0.1) is 0 Å². The van der Waals surface area contributed by atoms with Gasteiger partial charge in [0, 0.05) is 17.7 Å². The zero-order valence-electron chi connectivity index (χ0n) is 38.2. The average Bonchev–Trinajstić information content (AvgIpc) is 3.19. The molecule has 0 spiro atoms. The highest BCUT2D eigenvalue weighted by atomic mass is 16.7. The molecule has 62 heavy (non-hydrogen) atoms. The molecule has 1 aliphatic heterocycles. The second-order valence-electron chi connectivity index (χ2n) is 18.0. The summed E-state index contributed by atoms with van der Waals surface area (Å²) in [6.45, 7) is 21.7. The van der Waals surface area contributed by atoms with Crippen molar-refractivity contribution >= 4 is 35.8 Å². The normalized spacial score (nSPS) is 15.4. The highest BCUT2D eigenvalue weighted by Gasteiger charge is 2.30. The zero-order chi connectivity index (χ0) is 46.0. The summed E-state index contributed by atoms with van der Waals surface area (Å²) in [6.07, 6.45) is 3.77. The monoisotopic (exact) mass is 868 g/mol. The lowest BCUT2D eigenvalue weighted by Gasteiger charge is -2.32. The fourth-order valence-electron chi connectivity index (χ4n) is 6.25. The van der Waals surface area contributed by atoms with E-state index in [0.29, 0.717) is 41.8 Å². The average molecular weight is 868 g/mol. The first kappa shape index (κ1) is 50.8. The third-order valence-electron chi connectivity index (χ3n) is 9.57. The second-order valence-corrected chi connectivity index (χ2v) is 18.0. The number of likely N-dealkylation sites (tertiary alicyclic amines) is 1. The molecule has 0 radical (unpaired) electrons. The third kappa shape index (κ3) is 19.0. The van der Waals surface area contributed by atoms with Crippen LogP contribution in [0.5, 0.6) is 11.5 Å². The molecule has 3 rings (SSSR count). The summed E-state index contributed by atoms with van der Waals surface area (Å²) in [6, 6.07) is 12.2. The Balaban J connectivity index is 1.30. The molecule has 1 heterocycles. The van der Waals surface area contributed by atoms with Crippen molar-refractivity contribution in [2.24, 2.45) is 39.5 Å². The smallest absolute Gasteiger partial charge is 0.408 e. The van der Waals surface area contributed by atoms with Crippen molar-refractivity contribution in [2.45, 2.75) is 125 Å². The number of alkyl carbamates (subject to hydrolysis) is 2. The summed E-state index contributed by atoms with van der Waals surface area (Å²) in [5.74, 6) is 0.0402. The van der Waals surface area contributed by atoms with Crippen molar-refractivity contribution in [2.75, 3.05) is 32.8 Å². The van der Waals surface area contributed by atoms with E-state index in [1.165, 1.54) is 0 Å². The number of oxime groups is 2. The quantitative estimate of drug-likeness (QED) is 0.0369. The number of nitrogens with one attached hydrogen (secondary N) is 2. The Morgan fingerprint density at radius 2 is 1.05 bits per heavy atom. The van der Waals surface area contributed by atoms with Crippen molar-refractivity contribution < 1.29 is 47.8 Å². The van der Waals surface area contributed by atoms with Gasteiger partial charge < -0.3 is 55.6 Å². The van der Waals surface area contributed by atoms with Gasteiger partial charge in [-0.2, -0.15) is 0 Å². The standard InChI is InChI=1S/C45H69N7O10/c1-29(2)36(48-42(55)59-44(5,6)7)40(53)61-50-38(46)32-14-18-34(19-15-32)57-27-11-13-31-22-25-52(26-23-31)24-12-28-58-35-20-16-33(17-21-35)39(47)51-62-41(54)37(30(3)4)49-43(56)60-45(8,9)10/h14-21,29-31,36-37H,11-13,22-28H2,1-10H3,(H2,46,50)(H2,47,51)(H,48,55)(H,49,56)/t36-,37+/m1/s1. The summed E-state index contributed by atoms with van der Waals surface area (Å²) in [5, 5.41) is 12.6. The number of hydrogen-bond acceptors (Lipinski definition) is 13. The van der Waals surface area contributed by atoms with Crippen LogP contribution in [-0.4, -0.2) is 96.8 Å². The lowest BCUT2D eigenvalue weighted by Crippen LogP contribution is -2.46. The molecule has 0 bridgehead atoms. The van der Waals surface area contributed by atoms with Crippen LogP contribution in [0.1, 0.15) is 112 Å². The SMILES string of the molecule is CC(C)[C@H](NC(=O)OC(C)(C)C)C(=O)ON=C(N)c1ccc(OCCCN2CCC(CCCOc3ccc(C(N)=NOC(=O)[C@H](NC(=O)OC(C)(C)C)C(C)C)cc3)CC2)cc1. The minimum Gasteiger partial charge on any atom is -0.494 e. The number of ether oxygens (including phenoxy) is 4. The molecule has 0 aromatic heterocycles. The van der Waals surface area contributed by atoms with Crippen LogP contribution < -0.4 is 31.6 Å². The molecule has 0 saturated carbocycles. The molecule has 2 aromatic carbocycles. The molecule has 2 amide bonds. The van der Waals surface area contributed by atoms with Crippen molar-refractivity contribution in [3.8, 4) is 11.5 Å². The first-order chi connectivity index (χ1) is 29.1. The van der Waals surface area contributed by atoms with Gasteiger partial charge in [0.25, 0.3) is 0 Å². The molecule has 17 nitrogen and oxygen atoms in total. The van der Waals surface area contributed by atoms with E-state index in [9.17, 15) is 19.2 Å². The molecule has 0 unspecified atom stereocenters. The molecular weight excluding hydrogens is 799 g/mol. The van der Waals surface area contributed by atoms with Crippen LogP contribution in [0, 0.1) is 17.8 Å². The van der Waals surface area contributed by atoms with Crippen molar-refractivity contribution in [3.63, 3.8) is 0 Å². The van der Waals surface area contributed by atoms with Crippen molar-refractivity contribution in [1.29, 1.82) is 0 Å². The fourth-order valence-corrected chi connectivity index (χ4v) is 6.25. The Labute approximate surface area is 366 Å². The lowest BCUT2D eigenvalue weighted by molar-refractivity contribution is -0.148. The zero-order valence-corrected chi connectivity index (χ0v) is 38.2. The maximum Gasteiger partial charge on any atom is 0.408 e. The predicted molar refractivity (Wildman–Crippen MR) is 237 cm³/mol. The van der Waals surface area contributed by atoms with Crippen LogP contribution in [0.15, 0.2) is 58.8 Å². The minimum atomic E-state index is -0.963. The third-order valence-corrected chi connectivity index (χ3v) is 9.57. The molecule has 2 atom stereocenters. The van der Waals surface area contributed by atoms with E-state index in [1.54, 1.807) is 118 Å². The first-order valence-corrected chi connectivity index (χ1v) is 21.4. The van der Waals surface area contributed by atoms with Gasteiger partial charge >= 0.3 is 24.1 Å². The van der Waals surface area contributed by atoms with E-state index in [1.807, 2.05) is 0 Å². The molecule has 17 heteroatoms. The topological polar surface area (TPSA) is 228 Å². The van der Waals surface area contributed by atoms with Gasteiger partial charge in [-0.05, 0) is 153 Å². The number of amides is 2. The molecule has 344 valence electrons. The van der Waals surface area contributed by atoms with E-state index in [-0.39, 0.29) is 23.5 Å². The van der Waals surface area contributed by atoms with Crippen LogP contribution in [-0.2, 0) is 28.7 Å². The summed E-state index contributed by atoms with van der Waals surface area (Å²) in [7, 11) is 0. The highest BCUT2D eigenvalue weighted by Crippen LogP contribution is 2.23. The number of rotatable bonds is 20. The highest BCUT2D eigenvalue weighted by molar-refractivity contribution is 5.98. The van der Waals surface area contributed by atoms with E-state index >= 15 is 0 Å². The Hall–Kier alpha value is -5.58. The summed E-state index contributed by atoms with van der Waals surface area (Å²) >= 11 is 0. The molecule has 1 fully saturated rings. The summed E-state index contributed by atoms with van der Waals surface area (Å²) in [4.78, 5) is 62.3. The van der Waals surface area contributed by atoms with Crippen LogP contribution in [0.25, 0.3) is 0 Å². The van der Waals surface area contributed by atoms with Crippen molar-refractivity contribution in [1.82, 2.24) is 15.5 Å². The minimum absolute atomic E-state index is 0.0113.